The molecule has 6 heterocycles. The minimum absolute atomic E-state index is 0.314. The highest BCUT2D eigenvalue weighted by atomic mass is 15.1. The Morgan fingerprint density at radius 2 is 0.531 bits per heavy atom. The summed E-state index contributed by atoms with van der Waals surface area (Å²) in [5, 5.41) is 94.4. The van der Waals surface area contributed by atoms with Gasteiger partial charge in [-0.2, -0.15) is 42.1 Å². The number of aromatic nitrogens is 6. The molecule has 6 aromatic heterocycles. The maximum atomic E-state index is 12.0. The van der Waals surface area contributed by atoms with Crippen LogP contribution in [-0.2, 0) is 0 Å². The lowest BCUT2D eigenvalue weighted by Crippen LogP contribution is -2.06. The van der Waals surface area contributed by atoms with Gasteiger partial charge in [-0.15, -0.1) is 0 Å². The second-order valence-corrected chi connectivity index (χ2v) is 31.7. The molecule has 22 rings (SSSR count). The Balaban J connectivity index is 0.730. The molecule has 0 bridgehead atoms. The zero-order chi connectivity index (χ0) is 86.4. The molecule has 0 atom stereocenters. The predicted octanol–water partition coefficient (Wildman–Crippen LogP) is 26.8. The molecule has 0 fully saturated rings. The van der Waals surface area contributed by atoms with Gasteiger partial charge in [-0.25, -0.2) is 0 Å². The van der Waals surface area contributed by atoms with Crippen LogP contribution in [0.15, 0.2) is 364 Å². The van der Waals surface area contributed by atoms with Crippen LogP contribution >= 0.6 is 0 Å². The average Bonchev–Trinajstić information content (AvgIpc) is 1.56. The Kier molecular flexibility index (Phi) is 18.0. The van der Waals surface area contributed by atoms with Gasteiger partial charge in [-0.3, -0.25) is 9.97 Å². The molecule has 14 nitrogen and oxygen atoms in total. The highest BCUT2D eigenvalue weighted by Crippen LogP contribution is 2.48. The molecule has 0 aliphatic carbocycles. The average molecular weight is 1630 g/mol. The molecule has 586 valence electrons. The topological polar surface area (TPSA) is 236 Å². The second kappa shape index (κ2) is 30.6. The summed E-state index contributed by atoms with van der Waals surface area (Å²) >= 11 is 0. The third kappa shape index (κ3) is 12.3. The fraction of sp³-hybridized carbons (Fsp3) is 0. The van der Waals surface area contributed by atoms with E-state index in [1.807, 2.05) is 224 Å². The van der Waals surface area contributed by atoms with Crippen molar-refractivity contribution in [1.82, 2.24) is 28.2 Å². The van der Waals surface area contributed by atoms with Crippen LogP contribution in [0, 0.1) is 90.6 Å². The van der Waals surface area contributed by atoms with Crippen molar-refractivity contribution in [2.75, 3.05) is 0 Å². The van der Waals surface area contributed by atoms with Crippen LogP contribution in [0.2, 0.25) is 0 Å². The fourth-order valence-electron chi connectivity index (χ4n) is 18.9. The molecule has 0 amide bonds. The first kappa shape index (κ1) is 75.2. The summed E-state index contributed by atoms with van der Waals surface area (Å²) in [6, 6.07) is 133. The molecule has 16 aromatic carbocycles. The zero-order valence-electron chi connectivity index (χ0n) is 67.9. The number of benzene rings is 16. The van der Waals surface area contributed by atoms with Gasteiger partial charge in [0, 0.05) is 89.5 Å². The van der Waals surface area contributed by atoms with Crippen LogP contribution in [0.25, 0.3) is 210 Å². The number of pyridine rings is 2. The normalized spacial score (nSPS) is 11.2. The molecule has 14 heteroatoms. The van der Waals surface area contributed by atoms with E-state index in [1.54, 1.807) is 18.6 Å². The molecule has 0 N–H and O–H groups in total. The maximum absolute atomic E-state index is 12.0. The number of para-hydroxylation sites is 2. The summed E-state index contributed by atoms with van der Waals surface area (Å²) in [6.07, 6.45) is 5.28. The third-order valence-corrected chi connectivity index (χ3v) is 24.8. The first-order valence-corrected chi connectivity index (χ1v) is 41.4. The van der Waals surface area contributed by atoms with E-state index < -0.39 is 0 Å². The smallest absolute Gasteiger partial charge is 0.0999 e. The Morgan fingerprint density at radius 1 is 0.188 bits per heavy atom. The fourth-order valence-corrected chi connectivity index (χ4v) is 18.9. The zero-order valence-corrected chi connectivity index (χ0v) is 67.9. The second-order valence-electron chi connectivity index (χ2n) is 31.7. The standard InChI is InChI=1S/C114H60N14/c115-59-69-15-13-20-71(45-69)72-35-42-106-100(49-72)92-26-10-12-29-104(92)126(106)113-57-98(82-21-14-44-123-67-82)86(65-121)55-111(113)125-103-28-11-9-27-93(103)101-50-73(36-43-105(101)125)84-46-70(60-116)47-85(48-84)102-41-34-83(68-124-102)99-58-114(128-109-53-76(90-24-7-3-18-80(90)63-119)32-39-96(109)97-40-33-77(54-110(97)128)91-25-8-4-19-81(91)64-120)112(56-87(99)66-122)127-107-51-74(88-22-5-1-16-78(88)61-117)30-37-94(107)95-38-31-75(52-108(95)127)89-23-6-2-17-79(89)62-118/h1-58,67-68H. The van der Waals surface area contributed by atoms with E-state index in [4.69, 9.17) is 4.98 Å². The number of rotatable bonds is 13. The molecule has 0 radical (unpaired) electrons. The van der Waals surface area contributed by atoms with Crippen molar-refractivity contribution in [1.29, 1.82) is 42.1 Å². The van der Waals surface area contributed by atoms with E-state index in [9.17, 15) is 42.1 Å². The highest BCUT2D eigenvalue weighted by Gasteiger charge is 2.29. The van der Waals surface area contributed by atoms with Crippen LogP contribution in [0.4, 0.5) is 0 Å². The number of nitrogens with zero attached hydrogens (tertiary/aromatic N) is 14. The van der Waals surface area contributed by atoms with Crippen molar-refractivity contribution < 1.29 is 0 Å². The lowest BCUT2D eigenvalue weighted by molar-refractivity contribution is 1.09. The van der Waals surface area contributed by atoms with Gasteiger partial charge in [-0.05, 0) is 218 Å². The van der Waals surface area contributed by atoms with Gasteiger partial charge in [0.15, 0.2) is 0 Å². The van der Waals surface area contributed by atoms with Crippen LogP contribution in [0.1, 0.15) is 44.5 Å². The van der Waals surface area contributed by atoms with Gasteiger partial charge >= 0.3 is 0 Å². The van der Waals surface area contributed by atoms with Gasteiger partial charge in [0.25, 0.3) is 0 Å². The summed E-state index contributed by atoms with van der Waals surface area (Å²) in [5.74, 6) is 0. The summed E-state index contributed by atoms with van der Waals surface area (Å²) in [4.78, 5) is 9.79. The minimum atomic E-state index is 0.314. The van der Waals surface area contributed by atoms with Crippen LogP contribution in [-0.4, -0.2) is 28.2 Å². The quantitative estimate of drug-likeness (QED) is 0.106. The molecule has 0 unspecified atom stereocenters. The summed E-state index contributed by atoms with van der Waals surface area (Å²) in [5.41, 5.74) is 26.8. The van der Waals surface area contributed by atoms with Crippen LogP contribution in [0.3, 0.4) is 0 Å². The Morgan fingerprint density at radius 3 is 0.945 bits per heavy atom. The SMILES string of the molecule is N#Cc1cccc(-c2ccc3c(c2)c2ccccc2n3-c2cc(-c3cccnc3)c(C#N)cc2-n2c3ccccc3c3cc(-c4cc(C#N)cc(-c5ccc(-c6cc(-n7c8cc(-c9ccccc9C#N)ccc8c8ccc(-c9ccccc9C#N)cc87)c(-n7c8cc(-c9ccccc9C#N)ccc8c8ccc(-c9ccccc9C#N)cc87)cc6C#N)cn5)c4)ccc32)c1. The summed E-state index contributed by atoms with van der Waals surface area (Å²) in [6.45, 7) is 0. The van der Waals surface area contributed by atoms with Gasteiger partial charge in [0.2, 0.25) is 0 Å². The summed E-state index contributed by atoms with van der Waals surface area (Å²) in [7, 11) is 0. The molecule has 0 saturated carbocycles. The lowest BCUT2D eigenvalue weighted by atomic mass is 9.96. The first-order valence-electron chi connectivity index (χ1n) is 41.4. The van der Waals surface area contributed by atoms with E-state index in [0.717, 1.165) is 176 Å². The van der Waals surface area contributed by atoms with Crippen molar-refractivity contribution in [3.05, 3.63) is 409 Å². The first-order chi connectivity index (χ1) is 63.1. The molecule has 128 heavy (non-hydrogen) atoms. The van der Waals surface area contributed by atoms with Crippen molar-refractivity contribution in [3.63, 3.8) is 0 Å². The van der Waals surface area contributed by atoms with E-state index in [0.29, 0.717) is 78.3 Å². The van der Waals surface area contributed by atoms with Crippen molar-refractivity contribution in [2.24, 2.45) is 0 Å². The molecule has 0 aliphatic heterocycles. The number of hydrogen-bond acceptors (Lipinski definition) is 10. The van der Waals surface area contributed by atoms with E-state index >= 15 is 0 Å². The molecular weight excluding hydrogens is 1570 g/mol. The van der Waals surface area contributed by atoms with E-state index in [2.05, 4.69) is 193 Å². The van der Waals surface area contributed by atoms with Crippen LogP contribution in [0.5, 0.6) is 0 Å². The van der Waals surface area contributed by atoms with Gasteiger partial charge in [-0.1, -0.05) is 194 Å². The highest BCUT2D eigenvalue weighted by molar-refractivity contribution is 6.16. The Bertz CT molecular complexity index is 8710. The molecule has 22 aromatic rings. The number of nitriles is 8. The van der Waals surface area contributed by atoms with Gasteiger partial charge in [0.1, 0.15) is 0 Å². The maximum Gasteiger partial charge on any atom is 0.0999 e. The Labute approximate surface area is 733 Å². The third-order valence-electron chi connectivity index (χ3n) is 24.8. The van der Waals surface area contributed by atoms with Crippen molar-refractivity contribution >= 4 is 87.2 Å². The monoisotopic (exact) mass is 1620 g/mol. The molecule has 0 spiro atoms. The lowest BCUT2D eigenvalue weighted by Gasteiger charge is -2.20. The van der Waals surface area contributed by atoms with Crippen LogP contribution < -0.4 is 0 Å². The molecule has 0 aliphatic rings. The molecule has 0 saturated heterocycles. The number of fused-ring (bicyclic) bond motifs is 12. The predicted molar refractivity (Wildman–Crippen MR) is 506 cm³/mol. The summed E-state index contributed by atoms with van der Waals surface area (Å²) < 4.78 is 8.94. The molecular formula is C114H60N14. The van der Waals surface area contributed by atoms with E-state index in [-0.39, 0.29) is 0 Å². The minimum Gasteiger partial charge on any atom is -0.307 e. The number of hydrogen-bond donors (Lipinski definition) is 0. The van der Waals surface area contributed by atoms with Crippen molar-refractivity contribution in [2.45, 2.75) is 0 Å². The van der Waals surface area contributed by atoms with Gasteiger partial charge in [0.05, 0.1) is 166 Å². The largest absolute Gasteiger partial charge is 0.307 e. The Hall–Kier alpha value is -19.1. The van der Waals surface area contributed by atoms with Crippen molar-refractivity contribution in [3.8, 4) is 172 Å². The van der Waals surface area contributed by atoms with E-state index in [1.165, 1.54) is 0 Å². The van der Waals surface area contributed by atoms with Gasteiger partial charge < -0.3 is 18.3 Å².